The fourth-order valence-corrected chi connectivity index (χ4v) is 3.16. The maximum atomic E-state index is 12.3. The highest BCUT2D eigenvalue weighted by molar-refractivity contribution is 5.95. The lowest BCUT2D eigenvalue weighted by Gasteiger charge is -2.26. The summed E-state index contributed by atoms with van der Waals surface area (Å²) in [5.41, 5.74) is 2.05. The molecule has 3 rings (SSSR count). The van der Waals surface area contributed by atoms with Crippen LogP contribution in [0, 0.1) is 0 Å². The van der Waals surface area contributed by atoms with Crippen molar-refractivity contribution in [2.75, 3.05) is 51.8 Å². The number of methoxy groups -OCH3 is 1. The molecule has 1 fully saturated rings. The quantitative estimate of drug-likeness (QED) is 0.618. The van der Waals surface area contributed by atoms with E-state index in [9.17, 15) is 9.59 Å². The first-order chi connectivity index (χ1) is 14.7. The number of hydrogen-bond donors (Lipinski definition) is 3. The lowest BCUT2D eigenvalue weighted by molar-refractivity contribution is 0.0383. The number of hydrogen-bond acceptors (Lipinski definition) is 5. The van der Waals surface area contributed by atoms with Crippen LogP contribution in [0.5, 0.6) is 5.75 Å². The van der Waals surface area contributed by atoms with Crippen LogP contribution < -0.4 is 20.7 Å². The molecule has 0 aliphatic carbocycles. The number of nitrogens with one attached hydrogen (secondary N) is 3. The van der Waals surface area contributed by atoms with Crippen LogP contribution in [-0.4, -0.2) is 63.3 Å². The van der Waals surface area contributed by atoms with Gasteiger partial charge in [0.2, 0.25) is 0 Å². The molecule has 160 valence electrons. The number of morpholine rings is 1. The molecule has 3 N–H and O–H groups in total. The number of amides is 3. The molecule has 0 bridgehead atoms. The summed E-state index contributed by atoms with van der Waals surface area (Å²) in [4.78, 5) is 26.7. The largest absolute Gasteiger partial charge is 0.496 e. The zero-order valence-corrected chi connectivity index (χ0v) is 17.1. The van der Waals surface area contributed by atoms with Crippen molar-refractivity contribution in [2.45, 2.75) is 6.54 Å². The first-order valence-electron chi connectivity index (χ1n) is 10.0. The molecule has 0 atom stereocenters. The average molecular weight is 412 g/mol. The lowest BCUT2D eigenvalue weighted by Crippen LogP contribution is -2.41. The highest BCUT2D eigenvalue weighted by Gasteiger charge is 2.11. The van der Waals surface area contributed by atoms with Crippen molar-refractivity contribution in [2.24, 2.45) is 0 Å². The molecule has 2 aromatic carbocycles. The predicted octanol–water partition coefficient (Wildman–Crippen LogP) is 2.08. The maximum Gasteiger partial charge on any atom is 0.319 e. The number of rotatable bonds is 8. The Kier molecular flexibility index (Phi) is 8.05. The van der Waals surface area contributed by atoms with Crippen molar-refractivity contribution >= 4 is 17.6 Å². The summed E-state index contributed by atoms with van der Waals surface area (Å²) in [5, 5.41) is 8.48. The van der Waals surface area contributed by atoms with E-state index in [1.54, 1.807) is 31.4 Å². The fraction of sp³-hybridized carbons (Fsp3) is 0.364. The molecule has 8 nitrogen and oxygen atoms in total. The minimum atomic E-state index is -0.330. The van der Waals surface area contributed by atoms with Gasteiger partial charge < -0.3 is 25.4 Å². The van der Waals surface area contributed by atoms with Crippen LogP contribution in [0.25, 0.3) is 0 Å². The van der Waals surface area contributed by atoms with Crippen LogP contribution in [0.4, 0.5) is 10.5 Å². The van der Waals surface area contributed by atoms with Gasteiger partial charge in [-0.1, -0.05) is 18.2 Å². The smallest absolute Gasteiger partial charge is 0.319 e. The molecule has 0 aromatic heterocycles. The monoisotopic (exact) mass is 412 g/mol. The predicted molar refractivity (Wildman–Crippen MR) is 115 cm³/mol. The molecular weight excluding hydrogens is 384 g/mol. The normalized spacial score (nSPS) is 14.0. The number of anilines is 1. The number of para-hydroxylation sites is 1. The second kappa shape index (κ2) is 11.2. The Morgan fingerprint density at radius 1 is 1.03 bits per heavy atom. The highest BCUT2D eigenvalue weighted by Crippen LogP contribution is 2.17. The Labute approximate surface area is 176 Å². The fourth-order valence-electron chi connectivity index (χ4n) is 3.16. The van der Waals surface area contributed by atoms with Crippen molar-refractivity contribution in [3.05, 3.63) is 59.7 Å². The van der Waals surface area contributed by atoms with Crippen molar-refractivity contribution in [1.82, 2.24) is 15.5 Å². The summed E-state index contributed by atoms with van der Waals surface area (Å²) >= 11 is 0. The third-order valence-corrected chi connectivity index (χ3v) is 4.85. The molecule has 0 saturated carbocycles. The molecule has 1 saturated heterocycles. The molecule has 0 unspecified atom stereocenters. The number of urea groups is 1. The third-order valence-electron chi connectivity index (χ3n) is 4.85. The summed E-state index contributed by atoms with van der Waals surface area (Å²) in [6.45, 7) is 5.03. The van der Waals surface area contributed by atoms with E-state index in [0.29, 0.717) is 24.3 Å². The molecular formula is C22H28N4O4. The van der Waals surface area contributed by atoms with Gasteiger partial charge in [0.25, 0.3) is 5.91 Å². The van der Waals surface area contributed by atoms with Gasteiger partial charge in [-0.05, 0) is 30.3 Å². The Balaban J connectivity index is 1.42. The number of carbonyl (C=O) groups is 2. The van der Waals surface area contributed by atoms with Crippen LogP contribution in [0.15, 0.2) is 48.5 Å². The number of benzene rings is 2. The number of nitrogens with zero attached hydrogens (tertiary/aromatic N) is 1. The summed E-state index contributed by atoms with van der Waals surface area (Å²) in [6.07, 6.45) is 0. The first-order valence-corrected chi connectivity index (χ1v) is 10.0. The van der Waals surface area contributed by atoms with E-state index in [2.05, 4.69) is 20.9 Å². The van der Waals surface area contributed by atoms with Gasteiger partial charge in [0.05, 0.1) is 20.3 Å². The highest BCUT2D eigenvalue weighted by atomic mass is 16.5. The van der Waals surface area contributed by atoms with E-state index in [4.69, 9.17) is 9.47 Å². The first kappa shape index (κ1) is 21.6. The van der Waals surface area contributed by atoms with E-state index in [-0.39, 0.29) is 11.9 Å². The molecule has 1 aliphatic rings. The van der Waals surface area contributed by atoms with Crippen molar-refractivity contribution < 1.29 is 19.1 Å². The van der Waals surface area contributed by atoms with Gasteiger partial charge in [-0.3, -0.25) is 9.69 Å². The van der Waals surface area contributed by atoms with E-state index in [1.807, 2.05) is 24.3 Å². The van der Waals surface area contributed by atoms with Gasteiger partial charge in [0.15, 0.2) is 0 Å². The van der Waals surface area contributed by atoms with Crippen molar-refractivity contribution in [1.29, 1.82) is 0 Å². The van der Waals surface area contributed by atoms with Gasteiger partial charge in [0, 0.05) is 49.5 Å². The van der Waals surface area contributed by atoms with Crippen molar-refractivity contribution in [3.63, 3.8) is 0 Å². The minimum Gasteiger partial charge on any atom is -0.496 e. The molecule has 2 aromatic rings. The third kappa shape index (κ3) is 6.47. The Bertz CT molecular complexity index is 835. The van der Waals surface area contributed by atoms with Crippen LogP contribution in [0.2, 0.25) is 0 Å². The van der Waals surface area contributed by atoms with E-state index in [1.165, 1.54) is 0 Å². The number of ether oxygens (including phenoxy) is 2. The SMILES string of the molecule is COc1ccccc1CNC(=O)Nc1ccc(C(=O)NCCN2CCOCC2)cc1. The molecule has 1 heterocycles. The second-order valence-corrected chi connectivity index (χ2v) is 6.91. The van der Waals surface area contributed by atoms with Gasteiger partial charge in [-0.2, -0.15) is 0 Å². The number of carbonyl (C=O) groups excluding carboxylic acids is 2. The van der Waals surface area contributed by atoms with Gasteiger partial charge in [-0.25, -0.2) is 4.79 Å². The zero-order chi connectivity index (χ0) is 21.2. The standard InChI is InChI=1S/C22H28N4O4/c1-29-20-5-3-2-4-18(20)16-24-22(28)25-19-8-6-17(7-9-19)21(27)23-10-11-26-12-14-30-15-13-26/h2-9H,10-16H2,1H3,(H,23,27)(H2,24,25,28). The Morgan fingerprint density at radius 3 is 2.50 bits per heavy atom. The van der Waals surface area contributed by atoms with Crippen molar-refractivity contribution in [3.8, 4) is 5.75 Å². The van der Waals surface area contributed by atoms with Gasteiger partial charge >= 0.3 is 6.03 Å². The minimum absolute atomic E-state index is 0.129. The molecule has 0 spiro atoms. The molecule has 8 heteroatoms. The van der Waals surface area contributed by atoms with Crippen LogP contribution in [-0.2, 0) is 11.3 Å². The molecule has 1 aliphatic heterocycles. The summed E-state index contributed by atoms with van der Waals surface area (Å²) in [5.74, 6) is 0.595. The van der Waals surface area contributed by atoms with Gasteiger partial charge in [0.1, 0.15) is 5.75 Å². The Morgan fingerprint density at radius 2 is 1.77 bits per heavy atom. The van der Waals surface area contributed by atoms with E-state index in [0.717, 1.165) is 44.2 Å². The lowest BCUT2D eigenvalue weighted by atomic mass is 10.2. The van der Waals surface area contributed by atoms with Crippen LogP contribution in [0.1, 0.15) is 15.9 Å². The average Bonchev–Trinajstić information content (AvgIpc) is 2.79. The topological polar surface area (TPSA) is 91.9 Å². The second-order valence-electron chi connectivity index (χ2n) is 6.91. The van der Waals surface area contributed by atoms with Gasteiger partial charge in [-0.15, -0.1) is 0 Å². The maximum absolute atomic E-state index is 12.3. The summed E-state index contributed by atoms with van der Waals surface area (Å²) in [7, 11) is 1.60. The zero-order valence-electron chi connectivity index (χ0n) is 17.1. The van der Waals surface area contributed by atoms with E-state index < -0.39 is 0 Å². The Hall–Kier alpha value is -3.10. The van der Waals surface area contributed by atoms with E-state index >= 15 is 0 Å². The summed E-state index contributed by atoms with van der Waals surface area (Å²) in [6, 6.07) is 14.0. The molecule has 3 amide bonds. The molecule has 30 heavy (non-hydrogen) atoms. The van der Waals surface area contributed by atoms with Crippen LogP contribution in [0.3, 0.4) is 0 Å². The van der Waals surface area contributed by atoms with Crippen LogP contribution >= 0.6 is 0 Å². The summed E-state index contributed by atoms with van der Waals surface area (Å²) < 4.78 is 10.6. The molecule has 0 radical (unpaired) electrons.